The van der Waals surface area contributed by atoms with Crippen molar-refractivity contribution in [2.45, 2.75) is 6.92 Å². The summed E-state index contributed by atoms with van der Waals surface area (Å²) in [5.41, 5.74) is 10.3. The zero-order chi connectivity index (χ0) is 40.2. The van der Waals surface area contributed by atoms with Gasteiger partial charge in [0.15, 0.2) is 0 Å². The Bertz CT molecular complexity index is 3970. The number of hydrogen-bond acceptors (Lipinski definition) is 2. The zero-order valence-corrected chi connectivity index (χ0v) is 33.4. The molecule has 11 aromatic carbocycles. The Morgan fingerprint density at radius 2 is 0.820 bits per heavy atom. The molecule has 0 spiro atoms. The van der Waals surface area contributed by atoms with E-state index in [4.69, 9.17) is 9.97 Å². The standard InChI is InChI=1S/C59H36N2/c1-35-20-28-41(50-31-25-37-11-10-32-60-58(37)55(35)50)40-27-30-47-46-29-26-39(33-53(46)44-14-2-3-15-45(44)54(47)34-40)36-21-23-38(24-22-36)57-52-19-9-7-17-49(52)56-48-16-6-4-12-42(48)43-13-5-8-18-51(43)59(56)61-57/h2-34H,1H3. The van der Waals surface area contributed by atoms with Crippen LogP contribution in [0.4, 0.5) is 0 Å². The number of nitrogens with zero attached hydrogens (tertiary/aromatic N) is 2. The lowest BCUT2D eigenvalue weighted by Gasteiger charge is -2.16. The number of rotatable bonds is 3. The molecule has 2 heteroatoms. The second kappa shape index (κ2) is 13.0. The van der Waals surface area contributed by atoms with Gasteiger partial charge in [-0.25, -0.2) is 4.98 Å². The van der Waals surface area contributed by atoms with Crippen LogP contribution >= 0.6 is 0 Å². The summed E-state index contributed by atoms with van der Waals surface area (Å²) < 4.78 is 0. The van der Waals surface area contributed by atoms with Gasteiger partial charge in [-0.05, 0) is 112 Å². The van der Waals surface area contributed by atoms with Crippen molar-refractivity contribution in [2.24, 2.45) is 0 Å². The first-order chi connectivity index (χ1) is 30.2. The van der Waals surface area contributed by atoms with E-state index in [1.165, 1.54) is 109 Å². The molecular formula is C59H36N2. The zero-order valence-electron chi connectivity index (χ0n) is 33.4. The Morgan fingerprint density at radius 1 is 0.311 bits per heavy atom. The molecule has 0 aliphatic heterocycles. The molecule has 13 rings (SSSR count). The Kier molecular flexibility index (Phi) is 7.26. The average molecular weight is 773 g/mol. The average Bonchev–Trinajstić information content (AvgIpc) is 3.33. The molecule has 0 amide bonds. The van der Waals surface area contributed by atoms with Crippen LogP contribution in [0.15, 0.2) is 200 Å². The van der Waals surface area contributed by atoms with E-state index in [9.17, 15) is 0 Å². The van der Waals surface area contributed by atoms with Crippen LogP contribution in [-0.2, 0) is 0 Å². The minimum absolute atomic E-state index is 1.01. The fraction of sp³-hybridized carbons (Fsp3) is 0.0169. The van der Waals surface area contributed by atoms with E-state index in [-0.39, 0.29) is 0 Å². The maximum Gasteiger partial charge on any atom is 0.0800 e. The molecule has 0 radical (unpaired) electrons. The molecule has 0 unspecified atom stereocenters. The van der Waals surface area contributed by atoms with Crippen molar-refractivity contribution in [2.75, 3.05) is 0 Å². The van der Waals surface area contributed by atoms with E-state index >= 15 is 0 Å². The topological polar surface area (TPSA) is 25.8 Å². The highest BCUT2D eigenvalue weighted by molar-refractivity contribution is 6.31. The number of fused-ring (bicyclic) bond motifs is 17. The molecule has 282 valence electrons. The van der Waals surface area contributed by atoms with Crippen molar-refractivity contribution in [1.82, 2.24) is 9.97 Å². The van der Waals surface area contributed by atoms with Crippen molar-refractivity contribution in [3.8, 4) is 33.5 Å². The van der Waals surface area contributed by atoms with Gasteiger partial charge in [-0.2, -0.15) is 0 Å². The van der Waals surface area contributed by atoms with Crippen molar-refractivity contribution >= 4 is 97.2 Å². The summed E-state index contributed by atoms with van der Waals surface area (Å²) in [7, 11) is 0. The molecular weight excluding hydrogens is 737 g/mol. The number of pyridine rings is 2. The van der Waals surface area contributed by atoms with Crippen molar-refractivity contribution in [1.29, 1.82) is 0 Å². The van der Waals surface area contributed by atoms with Gasteiger partial charge in [0.25, 0.3) is 0 Å². The molecule has 0 aliphatic rings. The van der Waals surface area contributed by atoms with E-state index in [0.29, 0.717) is 0 Å². The first kappa shape index (κ1) is 34.0. The van der Waals surface area contributed by atoms with Crippen LogP contribution < -0.4 is 0 Å². The Morgan fingerprint density at radius 3 is 1.52 bits per heavy atom. The summed E-state index contributed by atoms with van der Waals surface area (Å²) in [6.07, 6.45) is 1.90. The highest BCUT2D eigenvalue weighted by atomic mass is 14.7. The third-order valence-corrected chi connectivity index (χ3v) is 13.2. The number of aromatic nitrogens is 2. The maximum atomic E-state index is 5.51. The summed E-state index contributed by atoms with van der Waals surface area (Å²) in [4.78, 5) is 10.3. The van der Waals surface area contributed by atoms with E-state index in [2.05, 4.69) is 195 Å². The number of benzene rings is 11. The highest BCUT2D eigenvalue weighted by Crippen LogP contribution is 2.43. The Hall–Kier alpha value is -7.94. The van der Waals surface area contributed by atoms with Gasteiger partial charge in [0.2, 0.25) is 0 Å². The normalized spacial score (nSPS) is 12.0. The third-order valence-electron chi connectivity index (χ3n) is 13.2. The lowest BCUT2D eigenvalue weighted by atomic mass is 9.89. The second-order valence-corrected chi connectivity index (χ2v) is 16.5. The highest BCUT2D eigenvalue weighted by Gasteiger charge is 2.18. The van der Waals surface area contributed by atoms with Crippen LogP contribution in [0.3, 0.4) is 0 Å². The number of aryl methyl sites for hydroxylation is 1. The fourth-order valence-electron chi connectivity index (χ4n) is 10.3. The number of hydrogen-bond donors (Lipinski definition) is 0. The SMILES string of the molecule is Cc1ccc(-c2ccc3c4ccc(-c5ccc(-c6nc7c8ccccc8c8ccccc8c7c7ccccc67)cc5)cc4c4ccccc4c3c2)c2ccc3cccnc3c12. The summed E-state index contributed by atoms with van der Waals surface area (Å²) >= 11 is 0. The maximum absolute atomic E-state index is 5.51. The van der Waals surface area contributed by atoms with Gasteiger partial charge < -0.3 is 0 Å². The molecule has 0 fully saturated rings. The van der Waals surface area contributed by atoms with Crippen molar-refractivity contribution < 1.29 is 0 Å². The van der Waals surface area contributed by atoms with Gasteiger partial charge in [0.1, 0.15) is 0 Å². The molecule has 2 aromatic heterocycles. The van der Waals surface area contributed by atoms with Crippen LogP contribution in [-0.4, -0.2) is 9.97 Å². The second-order valence-electron chi connectivity index (χ2n) is 16.5. The lowest BCUT2D eigenvalue weighted by Crippen LogP contribution is -1.93. The van der Waals surface area contributed by atoms with Gasteiger partial charge in [-0.3, -0.25) is 4.98 Å². The molecule has 13 aromatic rings. The van der Waals surface area contributed by atoms with Gasteiger partial charge in [-0.1, -0.05) is 176 Å². The van der Waals surface area contributed by atoms with Gasteiger partial charge in [-0.15, -0.1) is 0 Å². The third kappa shape index (κ3) is 5.03. The molecule has 0 saturated heterocycles. The minimum atomic E-state index is 1.01. The predicted molar refractivity (Wildman–Crippen MR) is 261 cm³/mol. The van der Waals surface area contributed by atoms with E-state index in [1.807, 2.05) is 12.3 Å². The molecule has 2 heterocycles. The predicted octanol–water partition coefficient (Wildman–Crippen LogP) is 16.2. The monoisotopic (exact) mass is 772 g/mol. The van der Waals surface area contributed by atoms with Gasteiger partial charge >= 0.3 is 0 Å². The van der Waals surface area contributed by atoms with Crippen molar-refractivity contribution in [3.63, 3.8) is 0 Å². The summed E-state index contributed by atoms with van der Waals surface area (Å²) in [5, 5.41) is 19.7. The van der Waals surface area contributed by atoms with Gasteiger partial charge in [0, 0.05) is 38.7 Å². The molecule has 0 aliphatic carbocycles. The first-order valence-electron chi connectivity index (χ1n) is 21.1. The molecule has 2 nitrogen and oxygen atoms in total. The lowest BCUT2D eigenvalue weighted by molar-refractivity contribution is 1.42. The van der Waals surface area contributed by atoms with Crippen molar-refractivity contribution in [3.05, 3.63) is 206 Å². The van der Waals surface area contributed by atoms with Crippen LogP contribution in [0.25, 0.3) is 131 Å². The Labute approximate surface area is 352 Å². The molecule has 0 atom stereocenters. The van der Waals surface area contributed by atoms with E-state index in [1.54, 1.807) is 0 Å². The smallest absolute Gasteiger partial charge is 0.0800 e. The van der Waals surface area contributed by atoms with Crippen LogP contribution in [0.5, 0.6) is 0 Å². The quantitative estimate of drug-likeness (QED) is 0.167. The minimum Gasteiger partial charge on any atom is -0.256 e. The Balaban J connectivity index is 0.944. The summed E-state index contributed by atoms with van der Waals surface area (Å²) in [6, 6.07) is 71.2. The van der Waals surface area contributed by atoms with Crippen LogP contribution in [0.2, 0.25) is 0 Å². The largest absolute Gasteiger partial charge is 0.256 e. The molecule has 0 N–H and O–H groups in total. The van der Waals surface area contributed by atoms with E-state index < -0.39 is 0 Å². The van der Waals surface area contributed by atoms with E-state index in [0.717, 1.165) is 27.7 Å². The molecule has 0 saturated carbocycles. The fourth-order valence-corrected chi connectivity index (χ4v) is 10.3. The van der Waals surface area contributed by atoms with Gasteiger partial charge in [0.05, 0.1) is 16.7 Å². The van der Waals surface area contributed by atoms with Crippen LogP contribution in [0.1, 0.15) is 5.56 Å². The first-order valence-corrected chi connectivity index (χ1v) is 21.1. The molecule has 61 heavy (non-hydrogen) atoms. The molecule has 0 bridgehead atoms. The summed E-state index contributed by atoms with van der Waals surface area (Å²) in [5.74, 6) is 0. The summed E-state index contributed by atoms with van der Waals surface area (Å²) in [6.45, 7) is 2.19. The van der Waals surface area contributed by atoms with Crippen LogP contribution in [0, 0.1) is 6.92 Å².